The zero-order valence-corrected chi connectivity index (χ0v) is 19.7. The Balaban J connectivity index is 1.61. The van der Waals surface area contributed by atoms with Crippen LogP contribution in [0.25, 0.3) is 0 Å². The van der Waals surface area contributed by atoms with Crippen LogP contribution < -0.4 is 0 Å². The molecule has 0 N–H and O–H groups in total. The first-order valence-electron chi connectivity index (χ1n) is 11.2. The Bertz CT molecular complexity index is 906. The van der Waals surface area contributed by atoms with Gasteiger partial charge in [0.25, 0.3) is 0 Å². The third-order valence-corrected chi connectivity index (χ3v) is 6.61. The number of carbonyl (C=O) groups excluding carboxylic acids is 1. The fourth-order valence-corrected chi connectivity index (χ4v) is 5.07. The predicted molar refractivity (Wildman–Crippen MR) is 127 cm³/mol. The molecule has 0 spiro atoms. The van der Waals surface area contributed by atoms with Gasteiger partial charge < -0.3 is 23.7 Å². The van der Waals surface area contributed by atoms with E-state index >= 15 is 0 Å². The molecule has 6 nitrogen and oxygen atoms in total. The van der Waals surface area contributed by atoms with Crippen molar-refractivity contribution in [1.29, 1.82) is 0 Å². The Kier molecular flexibility index (Phi) is 8.22. The van der Waals surface area contributed by atoms with Crippen LogP contribution in [-0.2, 0) is 23.7 Å². The van der Waals surface area contributed by atoms with Crippen LogP contribution in [0.4, 0.5) is 0 Å². The minimum absolute atomic E-state index is 0.257. The molecular weight excluding hydrogens is 440 g/mol. The highest BCUT2D eigenvalue weighted by Gasteiger charge is 2.52. The van der Waals surface area contributed by atoms with E-state index in [0.29, 0.717) is 18.8 Å². The van der Waals surface area contributed by atoms with E-state index in [0.717, 1.165) is 5.56 Å². The van der Waals surface area contributed by atoms with E-state index in [1.807, 2.05) is 48.5 Å². The van der Waals surface area contributed by atoms with Crippen molar-refractivity contribution in [1.82, 2.24) is 0 Å². The molecule has 176 valence electrons. The van der Waals surface area contributed by atoms with E-state index < -0.39 is 36.0 Å². The quantitative estimate of drug-likeness (QED) is 0.407. The van der Waals surface area contributed by atoms with E-state index in [-0.39, 0.29) is 11.4 Å². The van der Waals surface area contributed by atoms with Gasteiger partial charge in [-0.15, -0.1) is 18.3 Å². The lowest BCUT2D eigenvalue weighted by atomic mass is 9.98. The van der Waals surface area contributed by atoms with Gasteiger partial charge in [0.2, 0.25) is 0 Å². The van der Waals surface area contributed by atoms with Crippen LogP contribution in [-0.4, -0.2) is 54.3 Å². The van der Waals surface area contributed by atoms with Crippen LogP contribution >= 0.6 is 11.8 Å². The van der Waals surface area contributed by atoms with Crippen molar-refractivity contribution in [2.45, 2.75) is 55.2 Å². The van der Waals surface area contributed by atoms with Crippen LogP contribution in [0.15, 0.2) is 73.3 Å². The topological polar surface area (TPSA) is 63.2 Å². The normalized spacial score (nSPS) is 29.3. The van der Waals surface area contributed by atoms with Gasteiger partial charge in [-0.2, -0.15) is 0 Å². The van der Waals surface area contributed by atoms with E-state index in [2.05, 4.69) is 20.4 Å². The maximum atomic E-state index is 13.0. The second-order valence-electron chi connectivity index (χ2n) is 8.23. The minimum Gasteiger partial charge on any atom is -0.452 e. The number of esters is 1. The van der Waals surface area contributed by atoms with Gasteiger partial charge in [0.1, 0.15) is 23.7 Å². The summed E-state index contributed by atoms with van der Waals surface area (Å²) in [4.78, 5) is 13.0. The molecule has 0 amide bonds. The molecule has 0 radical (unpaired) electrons. The monoisotopic (exact) mass is 470 g/mol. The third-order valence-electron chi connectivity index (χ3n) is 5.42. The van der Waals surface area contributed by atoms with Crippen molar-refractivity contribution in [3.8, 4) is 0 Å². The van der Waals surface area contributed by atoms with Gasteiger partial charge in [-0.25, -0.2) is 4.79 Å². The van der Waals surface area contributed by atoms with E-state index in [1.54, 1.807) is 30.0 Å². The average Bonchev–Trinajstić information content (AvgIpc) is 2.84. The summed E-state index contributed by atoms with van der Waals surface area (Å²) in [6, 6.07) is 18.7. The SMILES string of the molecule is C=CCO[C@H]1[C@H]2OC(c3ccccc3)OC[C@H]2O[C@@H](SC(C)C)[C@@H]1OC(=O)c1ccccc1. The molecule has 2 aliphatic heterocycles. The summed E-state index contributed by atoms with van der Waals surface area (Å²) in [6.07, 6.45) is -0.893. The summed E-state index contributed by atoms with van der Waals surface area (Å²) in [5.41, 5.74) is 0.967. The summed E-state index contributed by atoms with van der Waals surface area (Å²) in [5, 5.41) is 0.257. The smallest absolute Gasteiger partial charge is 0.338 e. The number of rotatable bonds is 8. The molecule has 0 aromatic heterocycles. The van der Waals surface area contributed by atoms with Crippen LogP contribution in [0, 0.1) is 0 Å². The molecule has 2 aromatic rings. The largest absolute Gasteiger partial charge is 0.452 e. The lowest BCUT2D eigenvalue weighted by molar-refractivity contribution is -0.322. The maximum Gasteiger partial charge on any atom is 0.338 e. The number of hydrogen-bond donors (Lipinski definition) is 0. The van der Waals surface area contributed by atoms with Gasteiger partial charge in [0, 0.05) is 10.8 Å². The van der Waals surface area contributed by atoms with Gasteiger partial charge in [-0.3, -0.25) is 0 Å². The van der Waals surface area contributed by atoms with Gasteiger partial charge >= 0.3 is 5.97 Å². The first-order valence-corrected chi connectivity index (χ1v) is 12.1. The maximum absolute atomic E-state index is 13.0. The number of hydrogen-bond acceptors (Lipinski definition) is 7. The molecule has 2 heterocycles. The third kappa shape index (κ3) is 5.86. The van der Waals surface area contributed by atoms with Crippen molar-refractivity contribution >= 4 is 17.7 Å². The zero-order chi connectivity index (χ0) is 23.2. The molecule has 0 bridgehead atoms. The summed E-state index contributed by atoms with van der Waals surface area (Å²) in [5.74, 6) is -0.420. The molecule has 33 heavy (non-hydrogen) atoms. The molecule has 7 heteroatoms. The Morgan fingerprint density at radius 2 is 1.79 bits per heavy atom. The highest BCUT2D eigenvalue weighted by atomic mass is 32.2. The molecule has 6 atom stereocenters. The van der Waals surface area contributed by atoms with Crippen molar-refractivity contribution < 1.29 is 28.5 Å². The highest BCUT2D eigenvalue weighted by Crippen LogP contribution is 2.40. The van der Waals surface area contributed by atoms with Gasteiger partial charge in [0.05, 0.1) is 18.8 Å². The van der Waals surface area contributed by atoms with Crippen molar-refractivity contribution in [3.63, 3.8) is 0 Å². The molecule has 2 fully saturated rings. The highest BCUT2D eigenvalue weighted by molar-refractivity contribution is 8.00. The van der Waals surface area contributed by atoms with Crippen molar-refractivity contribution in [2.75, 3.05) is 13.2 Å². The first-order chi connectivity index (χ1) is 16.1. The Morgan fingerprint density at radius 3 is 2.45 bits per heavy atom. The summed E-state index contributed by atoms with van der Waals surface area (Å²) in [7, 11) is 0. The Morgan fingerprint density at radius 1 is 1.09 bits per heavy atom. The van der Waals surface area contributed by atoms with Crippen LogP contribution in [0.1, 0.15) is 36.1 Å². The van der Waals surface area contributed by atoms with Gasteiger partial charge in [-0.1, -0.05) is 68.5 Å². The standard InChI is InChI=1S/C26H30O6S/c1-4-15-28-22-21-20(16-29-25(32-21)19-13-9-6-10-14-19)30-26(33-17(2)3)23(22)31-24(27)18-11-7-5-8-12-18/h4-14,17,20-23,25-26H,1,15-16H2,2-3H3/t20-,21+,22+,23-,25?,26+/m1/s1. The van der Waals surface area contributed by atoms with Gasteiger partial charge in [0.15, 0.2) is 12.4 Å². The number of benzene rings is 2. The van der Waals surface area contributed by atoms with Crippen LogP contribution in [0.2, 0.25) is 0 Å². The fraction of sp³-hybridized carbons (Fsp3) is 0.423. The van der Waals surface area contributed by atoms with Crippen LogP contribution in [0.5, 0.6) is 0 Å². The Labute approximate surface area is 199 Å². The minimum atomic E-state index is -0.666. The average molecular weight is 471 g/mol. The lowest BCUT2D eigenvalue weighted by Gasteiger charge is -2.48. The molecule has 4 rings (SSSR count). The summed E-state index contributed by atoms with van der Waals surface area (Å²) >= 11 is 1.59. The number of thioether (sulfide) groups is 1. The predicted octanol–water partition coefficient (Wildman–Crippen LogP) is 4.76. The number of carbonyl (C=O) groups is 1. The number of ether oxygens (including phenoxy) is 5. The van der Waals surface area contributed by atoms with Crippen LogP contribution in [0.3, 0.4) is 0 Å². The molecule has 1 unspecified atom stereocenters. The van der Waals surface area contributed by atoms with Gasteiger partial charge in [-0.05, 0) is 12.1 Å². The second kappa shape index (κ2) is 11.3. The van der Waals surface area contributed by atoms with E-state index in [4.69, 9.17) is 23.7 Å². The number of fused-ring (bicyclic) bond motifs is 1. The first kappa shape index (κ1) is 24.0. The molecule has 2 aromatic carbocycles. The summed E-state index contributed by atoms with van der Waals surface area (Å²) in [6.45, 7) is 8.59. The van der Waals surface area contributed by atoms with Crippen molar-refractivity contribution in [3.05, 3.63) is 84.4 Å². The molecule has 0 saturated carbocycles. The van der Waals surface area contributed by atoms with E-state index in [1.165, 1.54) is 0 Å². The molecule has 0 aliphatic carbocycles. The van der Waals surface area contributed by atoms with Crippen molar-refractivity contribution in [2.24, 2.45) is 0 Å². The molecule has 2 saturated heterocycles. The summed E-state index contributed by atoms with van der Waals surface area (Å²) < 4.78 is 30.9. The van der Waals surface area contributed by atoms with E-state index in [9.17, 15) is 4.79 Å². The lowest BCUT2D eigenvalue weighted by Crippen LogP contribution is -2.63. The second-order valence-corrected chi connectivity index (χ2v) is 9.91. The Hall–Kier alpha value is -2.16. The molecule has 2 aliphatic rings. The zero-order valence-electron chi connectivity index (χ0n) is 18.9. The molecular formula is C26H30O6S. The fourth-order valence-electron chi connectivity index (χ4n) is 3.96.